The summed E-state index contributed by atoms with van der Waals surface area (Å²) in [6, 6.07) is 76.2. The summed E-state index contributed by atoms with van der Waals surface area (Å²) in [5.74, 6) is 0.645. The van der Waals surface area contributed by atoms with Gasteiger partial charge >= 0.3 is 0 Å². The van der Waals surface area contributed by atoms with Gasteiger partial charge in [-0.3, -0.25) is 4.57 Å². The molecule has 12 rings (SSSR count). The van der Waals surface area contributed by atoms with E-state index in [1.165, 1.54) is 54.4 Å². The average Bonchev–Trinajstić information content (AvgIpc) is 3.90. The first kappa shape index (κ1) is 38.3. The first-order valence-electron chi connectivity index (χ1n) is 21.7. The van der Waals surface area contributed by atoms with E-state index in [9.17, 15) is 0 Å². The van der Waals surface area contributed by atoms with Gasteiger partial charge in [-0.2, -0.15) is 0 Å². The largest absolute Gasteiger partial charge is 0.277 e. The lowest BCUT2D eigenvalue weighted by Gasteiger charge is -2.14. The maximum absolute atomic E-state index is 5.42. The molecule has 0 fully saturated rings. The summed E-state index contributed by atoms with van der Waals surface area (Å²) in [5.41, 5.74) is 14.4. The zero-order valence-electron chi connectivity index (χ0n) is 35.2. The van der Waals surface area contributed by atoms with E-state index in [2.05, 4.69) is 225 Å². The fraction of sp³-hybridized carbons (Fsp3) is 0.0508. The maximum Gasteiger partial charge on any atom is 0.235 e. The number of benzene rings is 9. The van der Waals surface area contributed by atoms with Crippen LogP contribution in [0.25, 0.3) is 115 Å². The van der Waals surface area contributed by atoms with Crippen LogP contribution in [0, 0.1) is 0 Å². The van der Waals surface area contributed by atoms with Gasteiger partial charge in [-0.15, -0.1) is 11.3 Å². The van der Waals surface area contributed by atoms with Crippen LogP contribution in [-0.2, 0) is 0 Å². The van der Waals surface area contributed by atoms with Gasteiger partial charge in [0.15, 0.2) is 0 Å². The summed E-state index contributed by atoms with van der Waals surface area (Å²) in [6.45, 7) is 4.25. The SMILES string of the molecule is CCC.c1ccc(-c2ccc3c(c2)c2cccc(-c4cccc(-c5cccc(-c6cccc7c6sc6ccccc67)c5)c4)c2n3-c2nc(-c3ccccc3)c3ccccc3n2)cc1. The maximum atomic E-state index is 5.42. The Hall–Kier alpha value is -7.66. The number of rotatable bonds is 6. The van der Waals surface area contributed by atoms with Crippen LogP contribution in [0.1, 0.15) is 20.3 Å². The van der Waals surface area contributed by atoms with Crippen molar-refractivity contribution in [2.24, 2.45) is 0 Å². The molecular formula is C59H43N3S. The van der Waals surface area contributed by atoms with Gasteiger partial charge < -0.3 is 0 Å². The van der Waals surface area contributed by atoms with Crippen LogP contribution in [0.5, 0.6) is 0 Å². The number of hydrogen-bond donors (Lipinski definition) is 0. The molecule has 3 aromatic heterocycles. The lowest BCUT2D eigenvalue weighted by Crippen LogP contribution is -2.04. The number of hydrogen-bond acceptors (Lipinski definition) is 3. The van der Waals surface area contributed by atoms with Crippen molar-refractivity contribution in [2.45, 2.75) is 20.3 Å². The normalized spacial score (nSPS) is 11.4. The number of thiophene rings is 1. The molecule has 9 aromatic carbocycles. The quantitative estimate of drug-likeness (QED) is 0.167. The Labute approximate surface area is 371 Å². The van der Waals surface area contributed by atoms with Crippen molar-refractivity contribution in [3.63, 3.8) is 0 Å². The molecule has 4 heteroatoms. The Balaban J connectivity index is 0.00000144. The van der Waals surface area contributed by atoms with Gasteiger partial charge in [0.2, 0.25) is 5.95 Å². The van der Waals surface area contributed by atoms with Crippen LogP contribution in [0.3, 0.4) is 0 Å². The highest BCUT2D eigenvalue weighted by Gasteiger charge is 2.21. The number of fused-ring (bicyclic) bond motifs is 7. The van der Waals surface area contributed by atoms with E-state index in [1.807, 2.05) is 17.4 Å². The monoisotopic (exact) mass is 825 g/mol. The van der Waals surface area contributed by atoms with E-state index in [0.717, 1.165) is 60.7 Å². The molecule has 0 atom stereocenters. The summed E-state index contributed by atoms with van der Waals surface area (Å²) in [4.78, 5) is 10.7. The molecule has 0 N–H and O–H groups in total. The zero-order valence-corrected chi connectivity index (χ0v) is 36.0. The fourth-order valence-electron chi connectivity index (χ4n) is 9.01. The van der Waals surface area contributed by atoms with Crippen molar-refractivity contribution in [1.82, 2.24) is 14.5 Å². The second kappa shape index (κ2) is 16.3. The van der Waals surface area contributed by atoms with E-state index in [-0.39, 0.29) is 0 Å². The molecule has 0 spiro atoms. The van der Waals surface area contributed by atoms with E-state index in [0.29, 0.717) is 5.95 Å². The van der Waals surface area contributed by atoms with Crippen LogP contribution in [0.15, 0.2) is 212 Å². The molecule has 12 aromatic rings. The van der Waals surface area contributed by atoms with E-state index in [1.54, 1.807) is 0 Å². The highest BCUT2D eigenvalue weighted by atomic mass is 32.1. The Kier molecular flexibility index (Phi) is 9.91. The summed E-state index contributed by atoms with van der Waals surface area (Å²) in [5, 5.41) is 5.97. The van der Waals surface area contributed by atoms with Gasteiger partial charge in [0, 0.05) is 47.5 Å². The van der Waals surface area contributed by atoms with Crippen LogP contribution < -0.4 is 0 Å². The van der Waals surface area contributed by atoms with Crippen molar-refractivity contribution in [3.8, 4) is 61.7 Å². The lowest BCUT2D eigenvalue weighted by molar-refractivity contribution is 1.01. The predicted molar refractivity (Wildman–Crippen MR) is 270 cm³/mol. The standard InChI is InChI=1S/C56H35N3S.C3H8/c1-3-15-36(16-4-1)40-31-32-51-49(35-40)46-27-13-25-43(54(46)59(51)56-57-50-29-9-7-24-48(50)53(58-56)37-17-5-2-6-18-37)41-21-11-19-38(33-41)39-20-12-22-42(34-39)44-26-14-28-47-45-23-8-10-30-52(45)60-55(44)47;1-3-2/h1-35H;3H2,1-2H3. The van der Waals surface area contributed by atoms with Crippen LogP contribution in [0.4, 0.5) is 0 Å². The van der Waals surface area contributed by atoms with Crippen LogP contribution >= 0.6 is 11.3 Å². The molecule has 0 unspecified atom stereocenters. The minimum Gasteiger partial charge on any atom is -0.277 e. The molecule has 63 heavy (non-hydrogen) atoms. The van der Waals surface area contributed by atoms with Gasteiger partial charge in [-0.25, -0.2) is 9.97 Å². The minimum absolute atomic E-state index is 0.645. The van der Waals surface area contributed by atoms with Gasteiger partial charge in [0.05, 0.1) is 22.2 Å². The Morgan fingerprint density at radius 2 is 0.937 bits per heavy atom. The molecule has 0 saturated carbocycles. The Morgan fingerprint density at radius 3 is 1.68 bits per heavy atom. The summed E-state index contributed by atoms with van der Waals surface area (Å²) in [7, 11) is 0. The van der Waals surface area contributed by atoms with E-state index >= 15 is 0 Å². The molecule has 3 nitrogen and oxygen atoms in total. The summed E-state index contributed by atoms with van der Waals surface area (Å²) in [6.07, 6.45) is 1.25. The smallest absolute Gasteiger partial charge is 0.235 e. The van der Waals surface area contributed by atoms with Crippen molar-refractivity contribution in [2.75, 3.05) is 0 Å². The first-order chi connectivity index (χ1) is 31.2. The van der Waals surface area contributed by atoms with E-state index < -0.39 is 0 Å². The highest BCUT2D eigenvalue weighted by Crippen LogP contribution is 2.43. The van der Waals surface area contributed by atoms with Crippen LogP contribution in [0.2, 0.25) is 0 Å². The Morgan fingerprint density at radius 1 is 0.397 bits per heavy atom. The second-order valence-electron chi connectivity index (χ2n) is 16.0. The predicted octanol–water partition coefficient (Wildman–Crippen LogP) is 16.8. The molecular weight excluding hydrogens is 783 g/mol. The third kappa shape index (κ3) is 6.86. The van der Waals surface area contributed by atoms with Gasteiger partial charge in [-0.05, 0) is 75.3 Å². The Bertz CT molecular complexity index is 3620. The molecule has 0 aliphatic carbocycles. The van der Waals surface area contributed by atoms with Crippen LogP contribution in [-0.4, -0.2) is 14.5 Å². The summed E-state index contributed by atoms with van der Waals surface area (Å²) >= 11 is 1.87. The van der Waals surface area contributed by atoms with Gasteiger partial charge in [-0.1, -0.05) is 196 Å². The topological polar surface area (TPSA) is 30.7 Å². The first-order valence-corrected chi connectivity index (χ1v) is 22.5. The minimum atomic E-state index is 0.645. The van der Waals surface area contributed by atoms with Gasteiger partial charge in [0.25, 0.3) is 0 Å². The fourth-order valence-corrected chi connectivity index (χ4v) is 10.2. The molecule has 300 valence electrons. The summed E-state index contributed by atoms with van der Waals surface area (Å²) < 4.78 is 4.93. The third-order valence-corrected chi connectivity index (χ3v) is 13.0. The molecule has 0 radical (unpaired) electrons. The average molecular weight is 826 g/mol. The molecule has 0 saturated heterocycles. The van der Waals surface area contributed by atoms with Crippen molar-refractivity contribution < 1.29 is 0 Å². The van der Waals surface area contributed by atoms with Crippen molar-refractivity contribution in [3.05, 3.63) is 212 Å². The zero-order chi connectivity index (χ0) is 42.3. The molecule has 0 amide bonds. The van der Waals surface area contributed by atoms with Crippen molar-refractivity contribution >= 4 is 64.2 Å². The second-order valence-corrected chi connectivity index (χ2v) is 17.1. The van der Waals surface area contributed by atoms with Crippen molar-refractivity contribution in [1.29, 1.82) is 0 Å². The molecule has 3 heterocycles. The number of para-hydroxylation sites is 2. The van der Waals surface area contributed by atoms with E-state index in [4.69, 9.17) is 9.97 Å². The third-order valence-electron chi connectivity index (χ3n) is 11.8. The molecule has 0 aliphatic rings. The number of nitrogens with zero attached hydrogens (tertiary/aromatic N) is 3. The highest BCUT2D eigenvalue weighted by molar-refractivity contribution is 7.26. The number of aromatic nitrogens is 3. The van der Waals surface area contributed by atoms with Gasteiger partial charge in [0.1, 0.15) is 0 Å². The molecule has 0 aliphatic heterocycles. The molecule has 0 bridgehead atoms. The lowest BCUT2D eigenvalue weighted by atomic mass is 9.95.